The molecule has 60 valence electrons. The Morgan fingerprint density at radius 1 is 1.70 bits per heavy atom. The first-order chi connectivity index (χ1) is 4.79. The van der Waals surface area contributed by atoms with E-state index in [0.717, 1.165) is 31.2 Å². The van der Waals surface area contributed by atoms with Crippen LogP contribution in [-0.2, 0) is 10.8 Å². The topological polar surface area (TPSA) is 29.1 Å². The van der Waals surface area contributed by atoms with Crippen LogP contribution in [0.5, 0.6) is 0 Å². The summed E-state index contributed by atoms with van der Waals surface area (Å²) in [5, 5.41) is 3.30. The third-order valence-corrected chi connectivity index (χ3v) is 2.79. The van der Waals surface area contributed by atoms with Gasteiger partial charge in [-0.2, -0.15) is 0 Å². The molecule has 1 aliphatic heterocycles. The maximum atomic E-state index is 10.7. The standard InChI is InChI=1S/C7H15NOS/c1-10(9)5-3-7-2-4-8-6-7/h7-8H,2-6H2,1H3. The van der Waals surface area contributed by atoms with Gasteiger partial charge in [-0.15, -0.1) is 0 Å². The zero-order valence-electron chi connectivity index (χ0n) is 6.43. The summed E-state index contributed by atoms with van der Waals surface area (Å²) in [6.45, 7) is 2.29. The van der Waals surface area contributed by atoms with Gasteiger partial charge in [0.2, 0.25) is 0 Å². The van der Waals surface area contributed by atoms with Crippen LogP contribution in [0.3, 0.4) is 0 Å². The summed E-state index contributed by atoms with van der Waals surface area (Å²) in [6, 6.07) is 0. The molecule has 0 aromatic heterocycles. The first-order valence-corrected chi connectivity index (χ1v) is 5.52. The van der Waals surface area contributed by atoms with E-state index in [0.29, 0.717) is 0 Å². The fraction of sp³-hybridized carbons (Fsp3) is 1.00. The van der Waals surface area contributed by atoms with Crippen LogP contribution >= 0.6 is 0 Å². The lowest BCUT2D eigenvalue weighted by Crippen LogP contribution is -2.10. The molecule has 3 heteroatoms. The highest BCUT2D eigenvalue weighted by Crippen LogP contribution is 2.11. The Morgan fingerprint density at radius 2 is 2.50 bits per heavy atom. The largest absolute Gasteiger partial charge is 0.316 e. The lowest BCUT2D eigenvalue weighted by molar-refractivity contribution is 0.563. The van der Waals surface area contributed by atoms with E-state index in [1.807, 2.05) is 0 Å². The molecule has 2 atom stereocenters. The van der Waals surface area contributed by atoms with Gasteiger partial charge in [-0.05, 0) is 31.8 Å². The van der Waals surface area contributed by atoms with E-state index in [1.165, 1.54) is 6.42 Å². The summed E-state index contributed by atoms with van der Waals surface area (Å²) in [5.41, 5.74) is 0. The first kappa shape index (κ1) is 8.21. The van der Waals surface area contributed by atoms with E-state index < -0.39 is 10.8 Å². The van der Waals surface area contributed by atoms with Crippen molar-refractivity contribution in [2.24, 2.45) is 5.92 Å². The van der Waals surface area contributed by atoms with Gasteiger partial charge in [0.25, 0.3) is 0 Å². The van der Waals surface area contributed by atoms with Crippen molar-refractivity contribution in [2.45, 2.75) is 12.8 Å². The second-order valence-electron chi connectivity index (χ2n) is 2.92. The van der Waals surface area contributed by atoms with Crippen molar-refractivity contribution >= 4 is 10.8 Å². The van der Waals surface area contributed by atoms with Crippen LogP contribution in [0.2, 0.25) is 0 Å². The van der Waals surface area contributed by atoms with Crippen molar-refractivity contribution in [1.82, 2.24) is 5.32 Å². The van der Waals surface area contributed by atoms with Crippen LogP contribution in [0.4, 0.5) is 0 Å². The highest BCUT2D eigenvalue weighted by Gasteiger charge is 2.13. The summed E-state index contributed by atoms with van der Waals surface area (Å²) in [6.07, 6.45) is 4.19. The minimum Gasteiger partial charge on any atom is -0.316 e. The number of rotatable bonds is 3. The minimum absolute atomic E-state index is 0.589. The summed E-state index contributed by atoms with van der Waals surface area (Å²) < 4.78 is 10.7. The molecule has 0 saturated carbocycles. The predicted molar refractivity (Wildman–Crippen MR) is 44.5 cm³/mol. The molecular formula is C7H15NOS. The molecule has 0 aromatic rings. The molecule has 1 N–H and O–H groups in total. The maximum Gasteiger partial charge on any atom is 0.0235 e. The number of hydrogen-bond donors (Lipinski definition) is 1. The number of nitrogens with one attached hydrogen (secondary N) is 1. The van der Waals surface area contributed by atoms with E-state index in [-0.39, 0.29) is 0 Å². The van der Waals surface area contributed by atoms with E-state index in [1.54, 1.807) is 6.26 Å². The maximum absolute atomic E-state index is 10.7. The molecule has 0 bridgehead atoms. The Balaban J connectivity index is 2.07. The van der Waals surface area contributed by atoms with E-state index in [4.69, 9.17) is 0 Å². The van der Waals surface area contributed by atoms with Crippen molar-refractivity contribution < 1.29 is 4.21 Å². The van der Waals surface area contributed by atoms with Gasteiger partial charge in [-0.1, -0.05) is 0 Å². The zero-order chi connectivity index (χ0) is 7.40. The third kappa shape index (κ3) is 2.80. The van der Waals surface area contributed by atoms with E-state index >= 15 is 0 Å². The van der Waals surface area contributed by atoms with Gasteiger partial charge < -0.3 is 5.32 Å². The lowest BCUT2D eigenvalue weighted by Gasteiger charge is -2.04. The van der Waals surface area contributed by atoms with Crippen LogP contribution in [0.1, 0.15) is 12.8 Å². The third-order valence-electron chi connectivity index (χ3n) is 1.98. The number of hydrogen-bond acceptors (Lipinski definition) is 2. The monoisotopic (exact) mass is 161 g/mol. The molecule has 0 amide bonds. The molecule has 1 aliphatic rings. The second kappa shape index (κ2) is 4.09. The molecule has 1 saturated heterocycles. The Kier molecular flexibility index (Phi) is 3.35. The molecule has 0 aromatic carbocycles. The lowest BCUT2D eigenvalue weighted by atomic mass is 10.1. The molecule has 0 spiro atoms. The molecular weight excluding hydrogens is 146 g/mol. The van der Waals surface area contributed by atoms with Crippen molar-refractivity contribution in [2.75, 3.05) is 25.1 Å². The average molecular weight is 161 g/mol. The van der Waals surface area contributed by atoms with Gasteiger partial charge in [0, 0.05) is 22.8 Å². The van der Waals surface area contributed by atoms with Crippen LogP contribution in [0, 0.1) is 5.92 Å². The van der Waals surface area contributed by atoms with Crippen LogP contribution in [0.25, 0.3) is 0 Å². The van der Waals surface area contributed by atoms with Crippen LogP contribution < -0.4 is 5.32 Å². The van der Waals surface area contributed by atoms with Crippen molar-refractivity contribution in [3.8, 4) is 0 Å². The van der Waals surface area contributed by atoms with E-state index in [2.05, 4.69) is 5.32 Å². The predicted octanol–water partition coefficient (Wildman–Crippen LogP) is 0.365. The quantitative estimate of drug-likeness (QED) is 0.648. The Hall–Kier alpha value is 0.110. The highest BCUT2D eigenvalue weighted by molar-refractivity contribution is 7.84. The van der Waals surface area contributed by atoms with Gasteiger partial charge >= 0.3 is 0 Å². The van der Waals surface area contributed by atoms with Gasteiger partial charge in [0.15, 0.2) is 0 Å². The summed E-state index contributed by atoms with van der Waals surface area (Å²) >= 11 is 0. The Labute approximate surface area is 64.8 Å². The fourth-order valence-corrected chi connectivity index (χ4v) is 1.96. The first-order valence-electron chi connectivity index (χ1n) is 3.80. The smallest absolute Gasteiger partial charge is 0.0235 e. The Morgan fingerprint density at radius 3 is 3.00 bits per heavy atom. The van der Waals surface area contributed by atoms with Gasteiger partial charge in [0.05, 0.1) is 0 Å². The molecule has 2 nitrogen and oxygen atoms in total. The average Bonchev–Trinajstić information content (AvgIpc) is 2.34. The molecule has 0 radical (unpaired) electrons. The van der Waals surface area contributed by atoms with Gasteiger partial charge in [0.1, 0.15) is 0 Å². The summed E-state index contributed by atoms with van der Waals surface area (Å²) in [5.74, 6) is 1.68. The molecule has 10 heavy (non-hydrogen) atoms. The molecule has 1 heterocycles. The van der Waals surface area contributed by atoms with Gasteiger partial charge in [-0.3, -0.25) is 4.21 Å². The van der Waals surface area contributed by atoms with Crippen LogP contribution in [0.15, 0.2) is 0 Å². The summed E-state index contributed by atoms with van der Waals surface area (Å²) in [4.78, 5) is 0. The van der Waals surface area contributed by atoms with Gasteiger partial charge in [-0.25, -0.2) is 0 Å². The fourth-order valence-electron chi connectivity index (χ4n) is 1.29. The van der Waals surface area contributed by atoms with Crippen molar-refractivity contribution in [3.63, 3.8) is 0 Å². The molecule has 2 unspecified atom stereocenters. The zero-order valence-corrected chi connectivity index (χ0v) is 7.25. The SMILES string of the molecule is CS(=O)CCC1CCNC1. The Bertz CT molecular complexity index is 121. The molecule has 1 fully saturated rings. The summed E-state index contributed by atoms with van der Waals surface area (Å²) in [7, 11) is -0.589. The van der Waals surface area contributed by atoms with Crippen molar-refractivity contribution in [1.29, 1.82) is 0 Å². The highest BCUT2D eigenvalue weighted by atomic mass is 32.2. The second-order valence-corrected chi connectivity index (χ2v) is 4.48. The van der Waals surface area contributed by atoms with Crippen molar-refractivity contribution in [3.05, 3.63) is 0 Å². The molecule has 1 rings (SSSR count). The molecule has 0 aliphatic carbocycles. The van der Waals surface area contributed by atoms with Crippen LogP contribution in [-0.4, -0.2) is 29.3 Å². The minimum atomic E-state index is -0.589. The van der Waals surface area contributed by atoms with E-state index in [9.17, 15) is 4.21 Å². The normalized spacial score (nSPS) is 28.7.